The Morgan fingerprint density at radius 3 is 3.00 bits per heavy atom. The normalized spacial score (nSPS) is 16.7. The molecule has 46 valence electrons. The molecule has 0 spiro atoms. The number of hydrogen-bond donors (Lipinski definition) is 0. The molecular weight excluding hydrogens is 110 g/mol. The minimum atomic E-state index is 1.11. The predicted molar refractivity (Wildman–Crippen MR) is 39.5 cm³/mol. The molecule has 9 heavy (non-hydrogen) atoms. The van der Waals surface area contributed by atoms with Crippen LogP contribution < -0.4 is 0 Å². The molecule has 0 aromatic heterocycles. The molecule has 1 heterocycles. The van der Waals surface area contributed by atoms with Gasteiger partial charge < -0.3 is 0 Å². The summed E-state index contributed by atoms with van der Waals surface area (Å²) in [5.41, 5.74) is 2.34. The van der Waals surface area contributed by atoms with E-state index in [0.717, 1.165) is 5.57 Å². The van der Waals surface area contributed by atoms with Crippen LogP contribution >= 0.6 is 0 Å². The van der Waals surface area contributed by atoms with Gasteiger partial charge in [0.2, 0.25) is 0 Å². The van der Waals surface area contributed by atoms with Crippen molar-refractivity contribution in [2.45, 2.75) is 13.8 Å². The molecule has 1 aliphatic heterocycles. The molecule has 0 saturated carbocycles. The van der Waals surface area contributed by atoms with Crippen molar-refractivity contribution in [3.8, 4) is 0 Å². The van der Waals surface area contributed by atoms with Gasteiger partial charge in [0.1, 0.15) is 0 Å². The number of rotatable bonds is 0. The lowest BCUT2D eigenvalue weighted by Crippen LogP contribution is -1.76. The van der Waals surface area contributed by atoms with Crippen molar-refractivity contribution in [1.29, 1.82) is 0 Å². The summed E-state index contributed by atoms with van der Waals surface area (Å²) in [6.07, 6.45) is 5.68. The zero-order valence-corrected chi connectivity index (χ0v) is 5.68. The van der Waals surface area contributed by atoms with Crippen molar-refractivity contribution in [3.63, 3.8) is 0 Å². The fraction of sp³-hybridized carbons (Fsp3) is 0.250. The van der Waals surface area contributed by atoms with Crippen molar-refractivity contribution in [2.24, 2.45) is 4.99 Å². The third-order valence-corrected chi connectivity index (χ3v) is 1.33. The first kappa shape index (κ1) is 6.06. The summed E-state index contributed by atoms with van der Waals surface area (Å²) >= 11 is 0. The van der Waals surface area contributed by atoms with Gasteiger partial charge in [0.15, 0.2) is 0 Å². The molecule has 0 radical (unpaired) electrons. The highest BCUT2D eigenvalue weighted by atomic mass is 14.6. The zero-order chi connectivity index (χ0) is 6.69. The summed E-state index contributed by atoms with van der Waals surface area (Å²) in [4.78, 5) is 3.88. The molecule has 0 N–H and O–H groups in total. The van der Waals surface area contributed by atoms with Crippen LogP contribution in [0.1, 0.15) is 13.8 Å². The van der Waals surface area contributed by atoms with Crippen LogP contribution in [0.15, 0.2) is 34.5 Å². The molecule has 0 bridgehead atoms. The highest BCUT2D eigenvalue weighted by molar-refractivity contribution is 5.65. The van der Waals surface area contributed by atoms with Gasteiger partial charge in [-0.3, -0.25) is 0 Å². The van der Waals surface area contributed by atoms with E-state index in [0.29, 0.717) is 0 Å². The largest absolute Gasteiger partial charge is 0.214 e. The van der Waals surface area contributed by atoms with Gasteiger partial charge >= 0.3 is 0 Å². The minimum Gasteiger partial charge on any atom is -0.214 e. The molecule has 1 heteroatoms. The average Bonchev–Trinajstić information content (AvgIpc) is 1.99. The first-order chi connectivity index (χ1) is 4.30. The zero-order valence-electron chi connectivity index (χ0n) is 5.68. The maximum Gasteiger partial charge on any atom is 0.0368 e. The van der Waals surface area contributed by atoms with Crippen molar-refractivity contribution in [2.75, 3.05) is 0 Å². The summed E-state index contributed by atoms with van der Waals surface area (Å²) in [6, 6.07) is 0. The number of allylic oxidation sites excluding steroid dienone is 4. The second-order valence-corrected chi connectivity index (χ2v) is 2.06. The average molecular weight is 119 g/mol. The molecule has 0 fully saturated rings. The fourth-order valence-electron chi connectivity index (χ4n) is 0.578. The van der Waals surface area contributed by atoms with E-state index >= 15 is 0 Å². The number of aliphatic imine (C=N–C) groups is 1. The number of hydrogen-bond acceptors (Lipinski definition) is 1. The second-order valence-electron chi connectivity index (χ2n) is 2.06. The van der Waals surface area contributed by atoms with Crippen LogP contribution in [0.3, 0.4) is 0 Å². The summed E-state index contributed by atoms with van der Waals surface area (Å²) < 4.78 is 0. The maximum atomic E-state index is 3.88. The third kappa shape index (κ3) is 1.41. The lowest BCUT2D eigenvalue weighted by molar-refractivity contribution is 1.39. The van der Waals surface area contributed by atoms with Gasteiger partial charge in [0.25, 0.3) is 0 Å². The summed E-state index contributed by atoms with van der Waals surface area (Å²) in [7, 11) is 0. The standard InChI is InChI=1S/C8H9N/c1-7-4-3-5-9-6-8(7)2/h3-5H,1-2H3. The molecule has 0 amide bonds. The van der Waals surface area contributed by atoms with Crippen molar-refractivity contribution in [1.82, 2.24) is 0 Å². The Labute approximate surface area is 55.1 Å². The lowest BCUT2D eigenvalue weighted by Gasteiger charge is -1.90. The molecule has 1 aliphatic rings. The van der Waals surface area contributed by atoms with Crippen LogP contribution in [0.2, 0.25) is 0 Å². The Morgan fingerprint density at radius 1 is 1.44 bits per heavy atom. The van der Waals surface area contributed by atoms with Gasteiger partial charge in [-0.1, -0.05) is 6.08 Å². The molecule has 0 aliphatic carbocycles. The summed E-state index contributed by atoms with van der Waals surface area (Å²) in [5, 5.41) is 0. The molecule has 0 unspecified atom stereocenters. The van der Waals surface area contributed by atoms with E-state index in [9.17, 15) is 0 Å². The quantitative estimate of drug-likeness (QED) is 0.463. The van der Waals surface area contributed by atoms with Gasteiger partial charge in [-0.15, -0.1) is 0 Å². The molecule has 0 atom stereocenters. The first-order valence-corrected chi connectivity index (χ1v) is 2.94. The Kier molecular flexibility index (Phi) is 1.66. The molecular formula is C8H9N. The van der Waals surface area contributed by atoms with E-state index in [2.05, 4.69) is 10.9 Å². The molecule has 0 aromatic rings. The summed E-state index contributed by atoms with van der Waals surface area (Å²) in [5.74, 6) is 2.88. The molecule has 1 rings (SSSR count). The van der Waals surface area contributed by atoms with Crippen molar-refractivity contribution < 1.29 is 0 Å². The Morgan fingerprint density at radius 2 is 2.22 bits per heavy atom. The van der Waals surface area contributed by atoms with E-state index in [1.165, 1.54) is 5.57 Å². The Hall–Kier alpha value is -1.07. The van der Waals surface area contributed by atoms with Crippen LogP contribution in [0, 0.1) is 0 Å². The van der Waals surface area contributed by atoms with Gasteiger partial charge in [0.05, 0.1) is 0 Å². The van der Waals surface area contributed by atoms with Crippen LogP contribution in [-0.4, -0.2) is 5.87 Å². The number of nitrogens with zero attached hydrogens (tertiary/aromatic N) is 1. The fourth-order valence-corrected chi connectivity index (χ4v) is 0.578. The SMILES string of the molecule is CC1=C=NC=CC=C1C. The van der Waals surface area contributed by atoms with E-state index in [4.69, 9.17) is 0 Å². The monoisotopic (exact) mass is 119 g/mol. The van der Waals surface area contributed by atoms with Crippen LogP contribution in [0.5, 0.6) is 0 Å². The smallest absolute Gasteiger partial charge is 0.0368 e. The molecule has 0 aromatic carbocycles. The van der Waals surface area contributed by atoms with Crippen molar-refractivity contribution in [3.05, 3.63) is 29.5 Å². The minimum absolute atomic E-state index is 1.11. The van der Waals surface area contributed by atoms with Gasteiger partial charge in [-0.05, 0) is 31.4 Å². The van der Waals surface area contributed by atoms with Crippen LogP contribution in [0.4, 0.5) is 0 Å². The topological polar surface area (TPSA) is 12.4 Å². The van der Waals surface area contributed by atoms with Gasteiger partial charge in [-0.25, -0.2) is 4.99 Å². The maximum absolute atomic E-state index is 3.88. The second kappa shape index (κ2) is 2.47. The van der Waals surface area contributed by atoms with E-state index in [-0.39, 0.29) is 0 Å². The molecule has 1 nitrogen and oxygen atoms in total. The first-order valence-electron chi connectivity index (χ1n) is 2.94. The highest BCUT2D eigenvalue weighted by Crippen LogP contribution is 2.05. The Balaban J connectivity index is 3.06. The van der Waals surface area contributed by atoms with E-state index < -0.39 is 0 Å². The highest BCUT2D eigenvalue weighted by Gasteiger charge is 1.89. The van der Waals surface area contributed by atoms with E-state index in [1.807, 2.05) is 26.0 Å². The molecule has 0 saturated heterocycles. The lowest BCUT2D eigenvalue weighted by atomic mass is 10.1. The van der Waals surface area contributed by atoms with Crippen LogP contribution in [0.25, 0.3) is 0 Å². The van der Waals surface area contributed by atoms with Gasteiger partial charge in [0, 0.05) is 11.8 Å². The van der Waals surface area contributed by atoms with E-state index in [1.54, 1.807) is 6.20 Å². The van der Waals surface area contributed by atoms with Crippen molar-refractivity contribution >= 4 is 5.87 Å². The van der Waals surface area contributed by atoms with Gasteiger partial charge in [-0.2, -0.15) is 0 Å². The third-order valence-electron chi connectivity index (χ3n) is 1.33. The van der Waals surface area contributed by atoms with Crippen LogP contribution in [-0.2, 0) is 0 Å². The predicted octanol–water partition coefficient (Wildman–Crippen LogP) is 2.08. The Bertz CT molecular complexity index is 225. The summed E-state index contributed by atoms with van der Waals surface area (Å²) in [6.45, 7) is 4.05.